The second-order valence-electron chi connectivity index (χ2n) is 7.68. The molecule has 0 saturated heterocycles. The minimum Gasteiger partial charge on any atom is -0.497 e. The van der Waals surface area contributed by atoms with Gasteiger partial charge < -0.3 is 19.4 Å². The Labute approximate surface area is 193 Å². The fraction of sp³-hybridized carbons (Fsp3) is 0.185. The van der Waals surface area contributed by atoms with Gasteiger partial charge in [-0.1, -0.05) is 72.8 Å². The smallest absolute Gasteiger partial charge is 0.246 e. The second-order valence-corrected chi connectivity index (χ2v) is 7.68. The summed E-state index contributed by atoms with van der Waals surface area (Å²) in [5.74, 6) is 1.26. The number of aromatic nitrogens is 2. The summed E-state index contributed by atoms with van der Waals surface area (Å²) in [6.45, 7) is -0.0917. The first-order valence-corrected chi connectivity index (χ1v) is 10.8. The van der Waals surface area contributed by atoms with E-state index in [1.165, 1.54) is 0 Å². The normalized spacial score (nSPS) is 11.8. The highest BCUT2D eigenvalue weighted by Crippen LogP contribution is 2.26. The number of nitrogens with one attached hydrogen (secondary N) is 1. The summed E-state index contributed by atoms with van der Waals surface area (Å²) in [6, 6.07) is 27.0. The van der Waals surface area contributed by atoms with Crippen LogP contribution >= 0.6 is 0 Å². The predicted octanol–water partition coefficient (Wildman–Crippen LogP) is 4.44. The number of ether oxygens (including phenoxy) is 2. The summed E-state index contributed by atoms with van der Waals surface area (Å²) < 4.78 is 13.3. The Hall–Kier alpha value is -3.90. The van der Waals surface area contributed by atoms with Crippen LogP contribution in [0.4, 0.5) is 0 Å². The molecule has 0 aliphatic rings. The van der Waals surface area contributed by atoms with Crippen LogP contribution in [0.1, 0.15) is 34.7 Å². The van der Waals surface area contributed by atoms with Gasteiger partial charge in [-0.15, -0.1) is 0 Å². The van der Waals surface area contributed by atoms with Crippen LogP contribution in [0.15, 0.2) is 97.3 Å². The van der Waals surface area contributed by atoms with Crippen molar-refractivity contribution in [1.82, 2.24) is 14.9 Å². The minimum atomic E-state index is -0.418. The fourth-order valence-electron chi connectivity index (χ4n) is 3.75. The van der Waals surface area contributed by atoms with Gasteiger partial charge in [0, 0.05) is 19.4 Å². The molecule has 0 aliphatic heterocycles. The SMILES string of the molecule is COc1ccc(C(NC(=O)COC(c2ccccc2)c2ccccc2)c2nccn2C)cc1. The highest BCUT2D eigenvalue weighted by molar-refractivity contribution is 5.78. The molecule has 1 amide bonds. The number of hydrogen-bond acceptors (Lipinski definition) is 4. The van der Waals surface area contributed by atoms with E-state index in [9.17, 15) is 4.79 Å². The molecule has 4 aromatic rings. The molecule has 33 heavy (non-hydrogen) atoms. The lowest BCUT2D eigenvalue weighted by Crippen LogP contribution is -2.34. The highest BCUT2D eigenvalue weighted by Gasteiger charge is 2.22. The summed E-state index contributed by atoms with van der Waals surface area (Å²) >= 11 is 0. The molecule has 0 radical (unpaired) electrons. The number of benzene rings is 3. The number of amides is 1. The first kappa shape index (κ1) is 22.3. The van der Waals surface area contributed by atoms with Gasteiger partial charge in [-0.2, -0.15) is 0 Å². The van der Waals surface area contributed by atoms with Crippen LogP contribution in [-0.2, 0) is 16.6 Å². The van der Waals surface area contributed by atoms with Gasteiger partial charge >= 0.3 is 0 Å². The monoisotopic (exact) mass is 441 g/mol. The number of aryl methyl sites for hydroxylation is 1. The lowest BCUT2D eigenvalue weighted by molar-refractivity contribution is -0.127. The molecule has 6 heteroatoms. The molecule has 1 heterocycles. The lowest BCUT2D eigenvalue weighted by Gasteiger charge is -2.22. The van der Waals surface area contributed by atoms with E-state index in [0.717, 1.165) is 28.3 Å². The molecule has 168 valence electrons. The van der Waals surface area contributed by atoms with E-state index in [0.29, 0.717) is 0 Å². The van der Waals surface area contributed by atoms with E-state index in [2.05, 4.69) is 10.3 Å². The van der Waals surface area contributed by atoms with Crippen LogP contribution in [0.3, 0.4) is 0 Å². The molecule has 1 N–H and O–H groups in total. The third kappa shape index (κ3) is 5.48. The Balaban J connectivity index is 1.52. The van der Waals surface area contributed by atoms with Crippen molar-refractivity contribution in [2.45, 2.75) is 12.1 Å². The largest absolute Gasteiger partial charge is 0.497 e. The van der Waals surface area contributed by atoms with Crippen molar-refractivity contribution in [3.63, 3.8) is 0 Å². The van der Waals surface area contributed by atoms with Crippen molar-refractivity contribution in [2.24, 2.45) is 7.05 Å². The van der Waals surface area contributed by atoms with Gasteiger partial charge in [0.15, 0.2) is 0 Å². The lowest BCUT2D eigenvalue weighted by atomic mass is 10.0. The number of carbonyl (C=O) groups excluding carboxylic acids is 1. The minimum absolute atomic E-state index is 0.0917. The van der Waals surface area contributed by atoms with E-state index < -0.39 is 6.04 Å². The first-order valence-electron chi connectivity index (χ1n) is 10.8. The topological polar surface area (TPSA) is 65.4 Å². The molecule has 0 saturated carbocycles. The molecule has 0 fully saturated rings. The van der Waals surface area contributed by atoms with Crippen LogP contribution in [0.25, 0.3) is 0 Å². The molecular formula is C27H27N3O3. The zero-order valence-corrected chi connectivity index (χ0v) is 18.7. The van der Waals surface area contributed by atoms with E-state index >= 15 is 0 Å². The number of carbonyl (C=O) groups is 1. The predicted molar refractivity (Wildman–Crippen MR) is 127 cm³/mol. The molecule has 0 spiro atoms. The first-order chi connectivity index (χ1) is 16.2. The number of hydrogen-bond donors (Lipinski definition) is 1. The summed E-state index contributed by atoms with van der Waals surface area (Å²) in [6.07, 6.45) is 3.23. The van der Waals surface area contributed by atoms with Gasteiger partial charge in [0.25, 0.3) is 0 Å². The Morgan fingerprint density at radius 3 is 2.03 bits per heavy atom. The fourth-order valence-corrected chi connectivity index (χ4v) is 3.75. The van der Waals surface area contributed by atoms with E-state index in [-0.39, 0.29) is 18.6 Å². The summed E-state index contributed by atoms with van der Waals surface area (Å²) in [5, 5.41) is 3.08. The average molecular weight is 442 g/mol. The van der Waals surface area contributed by atoms with Crippen LogP contribution in [0, 0.1) is 0 Å². The molecule has 0 bridgehead atoms. The van der Waals surface area contributed by atoms with Gasteiger partial charge in [-0.05, 0) is 28.8 Å². The molecule has 1 atom stereocenters. The Morgan fingerprint density at radius 1 is 0.909 bits per heavy atom. The highest BCUT2D eigenvalue weighted by atomic mass is 16.5. The molecule has 6 nitrogen and oxygen atoms in total. The average Bonchev–Trinajstić information content (AvgIpc) is 3.29. The second kappa shape index (κ2) is 10.6. The summed E-state index contributed by atoms with van der Waals surface area (Å²) in [7, 11) is 3.53. The Morgan fingerprint density at radius 2 is 1.52 bits per heavy atom. The van der Waals surface area contributed by atoms with E-state index in [1.54, 1.807) is 13.3 Å². The molecule has 0 aliphatic carbocycles. The van der Waals surface area contributed by atoms with Gasteiger partial charge in [-0.25, -0.2) is 4.98 Å². The Bertz CT molecular complexity index is 1120. The van der Waals surface area contributed by atoms with E-state index in [1.807, 2.05) is 103 Å². The summed E-state index contributed by atoms with van der Waals surface area (Å²) in [5.41, 5.74) is 2.89. The third-order valence-corrected chi connectivity index (χ3v) is 5.46. The maximum atomic E-state index is 13.0. The van der Waals surface area contributed by atoms with Crippen LogP contribution in [-0.4, -0.2) is 29.2 Å². The zero-order chi connectivity index (χ0) is 23.0. The van der Waals surface area contributed by atoms with Gasteiger partial charge in [-0.3, -0.25) is 4.79 Å². The maximum absolute atomic E-state index is 13.0. The zero-order valence-electron chi connectivity index (χ0n) is 18.7. The van der Waals surface area contributed by atoms with Crippen molar-refractivity contribution in [3.05, 3.63) is 120 Å². The van der Waals surface area contributed by atoms with Crippen LogP contribution in [0.2, 0.25) is 0 Å². The number of nitrogens with zero attached hydrogens (tertiary/aromatic N) is 2. The van der Waals surface area contributed by atoms with Crippen molar-refractivity contribution in [1.29, 1.82) is 0 Å². The van der Waals surface area contributed by atoms with Crippen LogP contribution in [0.5, 0.6) is 5.75 Å². The van der Waals surface area contributed by atoms with Gasteiger partial charge in [0.2, 0.25) is 5.91 Å². The summed E-state index contributed by atoms with van der Waals surface area (Å²) in [4.78, 5) is 17.5. The standard InChI is InChI=1S/C27H27N3O3/c1-30-18-17-28-27(30)25(20-13-15-23(32-2)16-14-20)29-24(31)19-33-26(21-9-5-3-6-10-21)22-11-7-4-8-12-22/h3-18,25-26H,19H2,1-2H3,(H,29,31). The van der Waals surface area contributed by atoms with Crippen molar-refractivity contribution in [3.8, 4) is 5.75 Å². The van der Waals surface area contributed by atoms with Crippen LogP contribution < -0.4 is 10.1 Å². The van der Waals surface area contributed by atoms with Crippen molar-refractivity contribution in [2.75, 3.05) is 13.7 Å². The molecule has 3 aromatic carbocycles. The van der Waals surface area contributed by atoms with Gasteiger partial charge in [0.05, 0.1) is 7.11 Å². The Kier molecular flexibility index (Phi) is 7.17. The third-order valence-electron chi connectivity index (χ3n) is 5.46. The quantitative estimate of drug-likeness (QED) is 0.417. The van der Waals surface area contributed by atoms with Gasteiger partial charge in [0.1, 0.15) is 30.3 Å². The van der Waals surface area contributed by atoms with Crippen molar-refractivity contribution >= 4 is 5.91 Å². The number of imidazole rings is 1. The van der Waals surface area contributed by atoms with E-state index in [4.69, 9.17) is 9.47 Å². The molecule has 1 unspecified atom stereocenters. The molecule has 4 rings (SSSR count). The number of methoxy groups -OCH3 is 1. The molecular weight excluding hydrogens is 414 g/mol. The maximum Gasteiger partial charge on any atom is 0.246 e. The molecule has 1 aromatic heterocycles. The van der Waals surface area contributed by atoms with Crippen molar-refractivity contribution < 1.29 is 14.3 Å². The number of rotatable bonds is 9.